The Morgan fingerprint density at radius 1 is 1.14 bits per heavy atom. The van der Waals surface area contributed by atoms with Crippen LogP contribution in [0.3, 0.4) is 0 Å². The van der Waals surface area contributed by atoms with Crippen LogP contribution < -0.4 is 20.4 Å². The van der Waals surface area contributed by atoms with Gasteiger partial charge in [0.25, 0.3) is 0 Å². The van der Waals surface area contributed by atoms with E-state index >= 15 is 4.39 Å². The second-order valence-electron chi connectivity index (χ2n) is 10.6. The molecule has 12 nitrogen and oxygen atoms in total. The number of carbonyl (C=O) groups is 4. The van der Waals surface area contributed by atoms with Crippen LogP contribution in [0.25, 0.3) is 11.0 Å². The number of amides is 5. The molecule has 0 bridgehead atoms. The summed E-state index contributed by atoms with van der Waals surface area (Å²) in [6, 6.07) is -0.393. The molecule has 1 saturated carbocycles. The molecular formula is C24H24FN5O7. The summed E-state index contributed by atoms with van der Waals surface area (Å²) in [6.45, 7) is 3.95. The van der Waals surface area contributed by atoms with Gasteiger partial charge < -0.3 is 18.9 Å². The molecule has 37 heavy (non-hydrogen) atoms. The van der Waals surface area contributed by atoms with Gasteiger partial charge >= 0.3 is 12.1 Å². The van der Waals surface area contributed by atoms with Gasteiger partial charge in [0, 0.05) is 13.0 Å². The summed E-state index contributed by atoms with van der Waals surface area (Å²) in [7, 11) is 0. The molecule has 5 aliphatic rings. The average Bonchev–Trinajstić information content (AvgIpc) is 3.48. The van der Waals surface area contributed by atoms with Gasteiger partial charge in [-0.05, 0) is 44.2 Å². The van der Waals surface area contributed by atoms with E-state index in [4.69, 9.17) is 14.0 Å². The molecule has 3 saturated heterocycles. The van der Waals surface area contributed by atoms with Crippen molar-refractivity contribution in [3.8, 4) is 0 Å². The van der Waals surface area contributed by atoms with Crippen LogP contribution in [0.15, 0.2) is 10.6 Å². The van der Waals surface area contributed by atoms with Crippen molar-refractivity contribution >= 4 is 46.4 Å². The maximum absolute atomic E-state index is 16.2. The van der Waals surface area contributed by atoms with Gasteiger partial charge in [0.1, 0.15) is 6.61 Å². The van der Waals surface area contributed by atoms with Crippen molar-refractivity contribution in [1.29, 1.82) is 0 Å². The van der Waals surface area contributed by atoms with E-state index in [1.54, 1.807) is 17.9 Å². The number of nitrogens with one attached hydrogen (secondary N) is 2. The molecule has 1 spiro atoms. The number of benzene rings is 1. The van der Waals surface area contributed by atoms with Crippen molar-refractivity contribution in [1.82, 2.24) is 15.8 Å². The van der Waals surface area contributed by atoms with Gasteiger partial charge in [0.05, 0.1) is 35.4 Å². The van der Waals surface area contributed by atoms with E-state index in [0.29, 0.717) is 5.56 Å². The van der Waals surface area contributed by atoms with Gasteiger partial charge in [0.15, 0.2) is 17.1 Å². The number of anilines is 2. The first-order chi connectivity index (χ1) is 17.7. The second-order valence-corrected chi connectivity index (χ2v) is 10.6. The standard InChI is InChI=1S/C24H24FN5O7/c1-9-7-29-16-12(6-24(18(29)10(2)36-9)20(31)26-22(33)27-21(24)32)5-13-17(15(16)25)37-28-19(13)30-14(11-3-4-11)8-35-23(30)34/h5,9-11,14,18H,3-4,6-8H2,1-2H3,(H2,26,27,31,32,33)/t9-,10+,14-,18-/m1/s1. The van der Waals surface area contributed by atoms with Gasteiger partial charge in [-0.3, -0.25) is 25.1 Å². The number of aromatic nitrogens is 1. The topological polar surface area (TPSA) is 143 Å². The van der Waals surface area contributed by atoms with Crippen molar-refractivity contribution in [3.05, 3.63) is 17.4 Å². The molecule has 7 rings (SSSR count). The zero-order valence-electron chi connectivity index (χ0n) is 20.1. The highest BCUT2D eigenvalue weighted by molar-refractivity contribution is 6.20. The fourth-order valence-electron chi connectivity index (χ4n) is 6.62. The first kappa shape index (κ1) is 22.5. The molecule has 194 valence electrons. The summed E-state index contributed by atoms with van der Waals surface area (Å²) in [5.41, 5.74) is -1.33. The quantitative estimate of drug-likeness (QED) is 0.572. The number of imide groups is 2. The van der Waals surface area contributed by atoms with Crippen LogP contribution in [0.5, 0.6) is 0 Å². The summed E-state index contributed by atoms with van der Waals surface area (Å²) in [5.74, 6) is -1.82. The maximum atomic E-state index is 16.2. The Morgan fingerprint density at radius 3 is 2.57 bits per heavy atom. The zero-order valence-corrected chi connectivity index (χ0v) is 20.1. The van der Waals surface area contributed by atoms with Crippen LogP contribution >= 0.6 is 0 Å². The van der Waals surface area contributed by atoms with E-state index in [0.717, 1.165) is 12.8 Å². The number of carbonyl (C=O) groups excluding carboxylic acids is 4. The highest BCUT2D eigenvalue weighted by Gasteiger charge is 2.63. The zero-order chi connectivity index (χ0) is 25.8. The number of hydrogen-bond donors (Lipinski definition) is 2. The number of nitrogens with zero attached hydrogens (tertiary/aromatic N) is 3. The summed E-state index contributed by atoms with van der Waals surface area (Å²) >= 11 is 0. The number of ether oxygens (including phenoxy) is 2. The number of hydrogen-bond acceptors (Lipinski definition) is 9. The predicted octanol–water partition coefficient (Wildman–Crippen LogP) is 1.59. The van der Waals surface area contributed by atoms with Crippen LogP contribution in [0, 0.1) is 17.2 Å². The third kappa shape index (κ3) is 2.94. The Hall–Kier alpha value is -3.74. The average molecular weight is 513 g/mol. The fourth-order valence-corrected chi connectivity index (χ4v) is 6.62. The van der Waals surface area contributed by atoms with E-state index in [9.17, 15) is 19.2 Å². The molecule has 0 unspecified atom stereocenters. The Kier molecular flexibility index (Phi) is 4.49. The minimum Gasteiger partial charge on any atom is -0.447 e. The van der Waals surface area contributed by atoms with Crippen LogP contribution in [-0.4, -0.2) is 66.5 Å². The van der Waals surface area contributed by atoms with Gasteiger partial charge in [-0.2, -0.15) is 0 Å². The summed E-state index contributed by atoms with van der Waals surface area (Å²) in [4.78, 5) is 54.3. The number of morpholine rings is 1. The minimum atomic E-state index is -1.75. The molecule has 2 N–H and O–H groups in total. The first-order valence-corrected chi connectivity index (χ1v) is 12.4. The van der Waals surface area contributed by atoms with Gasteiger partial charge in [-0.15, -0.1) is 0 Å². The molecule has 1 aromatic carbocycles. The highest BCUT2D eigenvalue weighted by Crippen LogP contribution is 2.50. The van der Waals surface area contributed by atoms with Gasteiger partial charge in [-0.25, -0.2) is 14.0 Å². The molecular weight excluding hydrogens is 489 g/mol. The third-order valence-electron chi connectivity index (χ3n) is 8.25. The molecule has 0 radical (unpaired) electrons. The van der Waals surface area contributed by atoms with Crippen LogP contribution in [0.4, 0.5) is 25.5 Å². The lowest BCUT2D eigenvalue weighted by Crippen LogP contribution is -2.75. The number of barbiturate groups is 1. The van der Waals surface area contributed by atoms with E-state index in [2.05, 4.69) is 15.8 Å². The molecule has 1 aromatic heterocycles. The molecule has 5 amide bonds. The lowest BCUT2D eigenvalue weighted by molar-refractivity contribution is -0.153. The first-order valence-electron chi connectivity index (χ1n) is 12.4. The Bertz CT molecular complexity index is 1380. The van der Waals surface area contributed by atoms with E-state index in [-0.39, 0.29) is 60.1 Å². The molecule has 2 aromatic rings. The Labute approximate surface area is 209 Å². The fraction of sp³-hybridized carbons (Fsp3) is 0.542. The second kappa shape index (κ2) is 7.40. The number of urea groups is 1. The monoisotopic (exact) mass is 513 g/mol. The van der Waals surface area contributed by atoms with E-state index in [1.807, 2.05) is 6.92 Å². The number of fused-ring (bicyclic) bond motifs is 5. The summed E-state index contributed by atoms with van der Waals surface area (Å²) < 4.78 is 32.9. The van der Waals surface area contributed by atoms with E-state index < -0.39 is 47.3 Å². The third-order valence-corrected chi connectivity index (χ3v) is 8.25. The number of cyclic esters (lactones) is 1. The van der Waals surface area contributed by atoms with Crippen molar-refractivity contribution < 1.29 is 37.6 Å². The van der Waals surface area contributed by atoms with Crippen LogP contribution in [0.1, 0.15) is 32.3 Å². The molecule has 13 heteroatoms. The van der Waals surface area contributed by atoms with Crippen molar-refractivity contribution in [3.63, 3.8) is 0 Å². The van der Waals surface area contributed by atoms with Crippen molar-refractivity contribution in [2.24, 2.45) is 11.3 Å². The Morgan fingerprint density at radius 2 is 1.86 bits per heavy atom. The minimum absolute atomic E-state index is 0.128. The van der Waals surface area contributed by atoms with E-state index in [1.165, 1.54) is 4.90 Å². The molecule has 5 heterocycles. The predicted molar refractivity (Wildman–Crippen MR) is 123 cm³/mol. The van der Waals surface area contributed by atoms with Crippen LogP contribution in [-0.2, 0) is 25.5 Å². The SMILES string of the molecule is C[C@@H]1CN2c3c(cc4c(N5C(=O)OC[C@@H]5C5CC5)noc4c3F)CC3(C(=O)NC(=O)NC3=O)[C@H]2[C@H](C)O1. The largest absolute Gasteiger partial charge is 0.447 e. The summed E-state index contributed by atoms with van der Waals surface area (Å²) in [6.07, 6.45) is 0.173. The lowest BCUT2D eigenvalue weighted by Gasteiger charge is -2.55. The molecule has 4 aliphatic heterocycles. The molecule has 1 aliphatic carbocycles. The Balaban J connectivity index is 1.43. The maximum Gasteiger partial charge on any atom is 0.416 e. The normalized spacial score (nSPS) is 30.8. The smallest absolute Gasteiger partial charge is 0.416 e. The molecule has 4 atom stereocenters. The lowest BCUT2D eigenvalue weighted by atomic mass is 9.66. The summed E-state index contributed by atoms with van der Waals surface area (Å²) in [5, 5.41) is 8.74. The van der Waals surface area contributed by atoms with Crippen molar-refractivity contribution in [2.75, 3.05) is 23.0 Å². The molecule has 4 fully saturated rings. The van der Waals surface area contributed by atoms with Gasteiger partial charge in [-0.1, -0.05) is 5.16 Å². The number of rotatable bonds is 2. The number of halogens is 1. The van der Waals surface area contributed by atoms with Gasteiger partial charge in [0.2, 0.25) is 17.4 Å². The van der Waals surface area contributed by atoms with Crippen LogP contribution in [0.2, 0.25) is 0 Å². The highest BCUT2D eigenvalue weighted by atomic mass is 19.1. The van der Waals surface area contributed by atoms with Crippen molar-refractivity contribution in [2.45, 2.75) is 57.4 Å².